The molecule has 0 atom stereocenters. The van der Waals surface area contributed by atoms with Crippen LogP contribution < -0.4 is 15.8 Å². The molecule has 0 bridgehead atoms. The molecule has 0 amide bonds. The standard InChI is InChI=1S/C16H28N4O.HI/c1-5-6-7-8-9-18-16(17)20-11-14-13(3)15(21-4)12(2)10-19-14;/h10H,5-9,11H2,1-4H3,(H3,17,18,20);1H. The molecule has 1 aromatic heterocycles. The molecule has 0 spiro atoms. The molecule has 0 aliphatic rings. The molecule has 0 saturated heterocycles. The number of aromatic nitrogens is 1. The number of rotatable bonds is 8. The number of pyridine rings is 1. The van der Waals surface area contributed by atoms with E-state index in [0.717, 1.165) is 35.5 Å². The lowest BCUT2D eigenvalue weighted by atomic mass is 10.1. The maximum Gasteiger partial charge on any atom is 0.188 e. The molecular weight excluding hydrogens is 391 g/mol. The first-order valence-electron chi connectivity index (χ1n) is 7.63. The number of hydrogen-bond acceptors (Lipinski definition) is 3. The molecule has 0 fully saturated rings. The van der Waals surface area contributed by atoms with Gasteiger partial charge in [0.15, 0.2) is 5.96 Å². The molecule has 3 N–H and O–H groups in total. The molecule has 5 nitrogen and oxygen atoms in total. The van der Waals surface area contributed by atoms with Gasteiger partial charge in [-0.15, -0.1) is 24.0 Å². The molecule has 0 aliphatic carbocycles. The zero-order valence-corrected chi connectivity index (χ0v) is 16.4. The predicted octanol–water partition coefficient (Wildman–Crippen LogP) is 3.31. The molecule has 0 radical (unpaired) electrons. The number of hydrogen-bond donors (Lipinski definition) is 2. The van der Waals surface area contributed by atoms with E-state index in [2.05, 4.69) is 22.2 Å². The Hall–Kier alpha value is -1.05. The number of halogens is 1. The van der Waals surface area contributed by atoms with E-state index in [9.17, 15) is 0 Å². The second-order valence-electron chi connectivity index (χ2n) is 5.24. The number of nitrogens with two attached hydrogens (primary N) is 1. The van der Waals surface area contributed by atoms with Crippen molar-refractivity contribution in [2.75, 3.05) is 13.7 Å². The van der Waals surface area contributed by atoms with E-state index in [1.54, 1.807) is 7.11 Å². The van der Waals surface area contributed by atoms with Gasteiger partial charge in [0, 0.05) is 23.9 Å². The number of ether oxygens (including phenoxy) is 1. The monoisotopic (exact) mass is 420 g/mol. The van der Waals surface area contributed by atoms with Crippen LogP contribution in [-0.2, 0) is 6.54 Å². The van der Waals surface area contributed by atoms with Gasteiger partial charge in [-0.3, -0.25) is 4.98 Å². The summed E-state index contributed by atoms with van der Waals surface area (Å²) in [6, 6.07) is 0. The van der Waals surface area contributed by atoms with E-state index in [4.69, 9.17) is 10.5 Å². The Morgan fingerprint density at radius 3 is 2.68 bits per heavy atom. The Labute approximate surface area is 151 Å². The van der Waals surface area contributed by atoms with Crippen molar-refractivity contribution in [3.05, 3.63) is 23.0 Å². The summed E-state index contributed by atoms with van der Waals surface area (Å²) < 4.78 is 5.39. The molecule has 0 aliphatic heterocycles. The summed E-state index contributed by atoms with van der Waals surface area (Å²) in [5, 5.41) is 3.14. The quantitative estimate of drug-likeness (QED) is 0.293. The van der Waals surface area contributed by atoms with Crippen LogP contribution in [0.25, 0.3) is 0 Å². The lowest BCUT2D eigenvalue weighted by molar-refractivity contribution is 0.407. The number of unbranched alkanes of at least 4 members (excludes halogenated alkanes) is 3. The lowest BCUT2D eigenvalue weighted by Crippen LogP contribution is -2.32. The van der Waals surface area contributed by atoms with Crippen molar-refractivity contribution >= 4 is 29.9 Å². The van der Waals surface area contributed by atoms with Crippen LogP contribution in [-0.4, -0.2) is 24.6 Å². The number of aliphatic imine (C=N–C) groups is 1. The Kier molecular flexibility index (Phi) is 11.0. The molecule has 0 unspecified atom stereocenters. The van der Waals surface area contributed by atoms with Crippen LogP contribution in [0, 0.1) is 13.8 Å². The molecule has 1 heterocycles. The fraction of sp³-hybridized carbons (Fsp3) is 0.625. The summed E-state index contributed by atoms with van der Waals surface area (Å²) in [5.74, 6) is 1.36. The summed E-state index contributed by atoms with van der Waals surface area (Å²) in [6.07, 6.45) is 6.67. The predicted molar refractivity (Wildman–Crippen MR) is 103 cm³/mol. The molecule has 22 heavy (non-hydrogen) atoms. The van der Waals surface area contributed by atoms with E-state index in [1.165, 1.54) is 19.3 Å². The zero-order valence-electron chi connectivity index (χ0n) is 14.1. The van der Waals surface area contributed by atoms with E-state index in [0.29, 0.717) is 12.5 Å². The highest BCUT2D eigenvalue weighted by molar-refractivity contribution is 14.0. The second-order valence-corrected chi connectivity index (χ2v) is 5.24. The number of guanidine groups is 1. The highest BCUT2D eigenvalue weighted by Gasteiger charge is 2.08. The van der Waals surface area contributed by atoms with Crippen LogP contribution in [0.15, 0.2) is 11.2 Å². The van der Waals surface area contributed by atoms with Gasteiger partial charge in [0.1, 0.15) is 5.75 Å². The Morgan fingerprint density at radius 1 is 1.32 bits per heavy atom. The minimum Gasteiger partial charge on any atom is -0.496 e. The molecule has 0 saturated carbocycles. The smallest absolute Gasteiger partial charge is 0.188 e. The number of aryl methyl sites for hydroxylation is 1. The normalized spacial score (nSPS) is 11.0. The van der Waals surface area contributed by atoms with Gasteiger partial charge in [0.25, 0.3) is 0 Å². The van der Waals surface area contributed by atoms with Crippen molar-refractivity contribution < 1.29 is 4.74 Å². The van der Waals surface area contributed by atoms with Gasteiger partial charge in [-0.1, -0.05) is 26.2 Å². The summed E-state index contributed by atoms with van der Waals surface area (Å²) in [5.41, 5.74) is 8.82. The van der Waals surface area contributed by atoms with Crippen molar-refractivity contribution in [1.82, 2.24) is 10.3 Å². The molecule has 1 rings (SSSR count). The highest BCUT2D eigenvalue weighted by atomic mass is 127. The Morgan fingerprint density at radius 2 is 2.05 bits per heavy atom. The van der Waals surface area contributed by atoms with Crippen LogP contribution in [0.3, 0.4) is 0 Å². The molecular formula is C16H29IN4O. The largest absolute Gasteiger partial charge is 0.496 e. The van der Waals surface area contributed by atoms with Crippen LogP contribution in [0.5, 0.6) is 5.75 Å². The molecule has 126 valence electrons. The first kappa shape index (κ1) is 20.9. The topological polar surface area (TPSA) is 72.5 Å². The van der Waals surface area contributed by atoms with Gasteiger partial charge in [-0.2, -0.15) is 0 Å². The van der Waals surface area contributed by atoms with Crippen LogP contribution in [0.2, 0.25) is 0 Å². The van der Waals surface area contributed by atoms with Gasteiger partial charge in [0.05, 0.1) is 19.3 Å². The van der Waals surface area contributed by atoms with Crippen molar-refractivity contribution in [2.24, 2.45) is 10.7 Å². The number of nitrogens with one attached hydrogen (secondary N) is 1. The lowest BCUT2D eigenvalue weighted by Gasteiger charge is -2.11. The van der Waals surface area contributed by atoms with E-state index in [1.807, 2.05) is 20.0 Å². The number of nitrogens with zero attached hydrogens (tertiary/aromatic N) is 2. The fourth-order valence-electron chi connectivity index (χ4n) is 2.21. The van der Waals surface area contributed by atoms with E-state index in [-0.39, 0.29) is 24.0 Å². The Balaban J connectivity index is 0.00000441. The third-order valence-electron chi connectivity index (χ3n) is 3.49. The second kappa shape index (κ2) is 11.5. The third kappa shape index (κ3) is 6.81. The SMILES string of the molecule is CCCCCCNC(N)=NCc1ncc(C)c(OC)c1C.I. The van der Waals surface area contributed by atoms with Gasteiger partial charge >= 0.3 is 0 Å². The van der Waals surface area contributed by atoms with Crippen LogP contribution in [0.4, 0.5) is 0 Å². The average molecular weight is 420 g/mol. The number of methoxy groups -OCH3 is 1. The maximum absolute atomic E-state index is 5.87. The van der Waals surface area contributed by atoms with Crippen LogP contribution >= 0.6 is 24.0 Å². The van der Waals surface area contributed by atoms with Gasteiger partial charge in [0.2, 0.25) is 0 Å². The van der Waals surface area contributed by atoms with Gasteiger partial charge in [-0.05, 0) is 20.3 Å². The summed E-state index contributed by atoms with van der Waals surface area (Å²) >= 11 is 0. The molecule has 1 aromatic rings. The molecule has 6 heteroatoms. The van der Waals surface area contributed by atoms with Gasteiger partial charge < -0.3 is 15.8 Å². The average Bonchev–Trinajstić information content (AvgIpc) is 2.47. The first-order chi connectivity index (χ1) is 10.1. The fourth-order valence-corrected chi connectivity index (χ4v) is 2.21. The van der Waals surface area contributed by atoms with E-state index < -0.39 is 0 Å². The maximum atomic E-state index is 5.87. The van der Waals surface area contributed by atoms with Crippen molar-refractivity contribution in [2.45, 2.75) is 53.0 Å². The van der Waals surface area contributed by atoms with Crippen molar-refractivity contribution in [3.63, 3.8) is 0 Å². The summed E-state index contributed by atoms with van der Waals surface area (Å²) in [6.45, 7) is 7.53. The van der Waals surface area contributed by atoms with Gasteiger partial charge in [-0.25, -0.2) is 4.99 Å². The minimum atomic E-state index is 0. The summed E-state index contributed by atoms with van der Waals surface area (Å²) in [4.78, 5) is 8.75. The Bertz CT molecular complexity index is 477. The van der Waals surface area contributed by atoms with Crippen molar-refractivity contribution in [1.29, 1.82) is 0 Å². The zero-order chi connectivity index (χ0) is 15.7. The van der Waals surface area contributed by atoms with Crippen molar-refractivity contribution in [3.8, 4) is 5.75 Å². The molecule has 0 aromatic carbocycles. The first-order valence-corrected chi connectivity index (χ1v) is 7.63. The third-order valence-corrected chi connectivity index (χ3v) is 3.49. The highest BCUT2D eigenvalue weighted by Crippen LogP contribution is 2.24. The van der Waals surface area contributed by atoms with Crippen LogP contribution in [0.1, 0.15) is 49.4 Å². The summed E-state index contributed by atoms with van der Waals surface area (Å²) in [7, 11) is 1.68. The van der Waals surface area contributed by atoms with E-state index >= 15 is 0 Å². The minimum absolute atomic E-state index is 0.